The van der Waals surface area contributed by atoms with Gasteiger partial charge in [0.1, 0.15) is 17.8 Å². The lowest BCUT2D eigenvalue weighted by atomic mass is 10.0. The predicted molar refractivity (Wildman–Crippen MR) is 97.3 cm³/mol. The van der Waals surface area contributed by atoms with Crippen molar-refractivity contribution in [2.45, 2.75) is 45.8 Å². The molecule has 0 aliphatic heterocycles. The Hall–Kier alpha value is -3.09. The molecule has 0 aliphatic carbocycles. The van der Waals surface area contributed by atoms with Crippen molar-refractivity contribution in [2.75, 3.05) is 0 Å². The highest BCUT2D eigenvalue weighted by Crippen LogP contribution is 2.22. The minimum atomic E-state index is -1.12. The molecule has 7 heteroatoms. The number of carboxylic acid groups (broad SMARTS) is 1. The van der Waals surface area contributed by atoms with Crippen molar-refractivity contribution in [1.29, 1.82) is 0 Å². The van der Waals surface area contributed by atoms with E-state index in [1.54, 1.807) is 58.0 Å². The maximum Gasteiger partial charge on any atom is 0.333 e. The summed E-state index contributed by atoms with van der Waals surface area (Å²) < 4.78 is 10.6. The van der Waals surface area contributed by atoms with E-state index in [2.05, 4.69) is 5.32 Å². The van der Waals surface area contributed by atoms with Gasteiger partial charge in [0, 0.05) is 5.56 Å². The van der Waals surface area contributed by atoms with E-state index in [0.717, 1.165) is 0 Å². The van der Waals surface area contributed by atoms with Gasteiger partial charge in [0.05, 0.1) is 11.8 Å². The quantitative estimate of drug-likeness (QED) is 0.754. The van der Waals surface area contributed by atoms with Gasteiger partial charge in [-0.1, -0.05) is 30.3 Å². The Morgan fingerprint density at radius 3 is 2.37 bits per heavy atom. The van der Waals surface area contributed by atoms with Crippen LogP contribution in [-0.2, 0) is 20.7 Å². The number of rotatable bonds is 6. The summed E-state index contributed by atoms with van der Waals surface area (Å²) in [6, 6.07) is 7.66. The highest BCUT2D eigenvalue weighted by Gasteiger charge is 2.30. The lowest BCUT2D eigenvalue weighted by molar-refractivity contribution is -0.157. The van der Waals surface area contributed by atoms with Gasteiger partial charge in [-0.15, -0.1) is 0 Å². The van der Waals surface area contributed by atoms with Crippen molar-refractivity contribution < 1.29 is 28.6 Å². The molecule has 0 fully saturated rings. The van der Waals surface area contributed by atoms with Gasteiger partial charge in [-0.2, -0.15) is 0 Å². The van der Waals surface area contributed by atoms with Crippen molar-refractivity contribution in [3.05, 3.63) is 59.0 Å². The van der Waals surface area contributed by atoms with Crippen LogP contribution in [0.25, 0.3) is 0 Å². The van der Waals surface area contributed by atoms with Crippen molar-refractivity contribution in [2.24, 2.45) is 0 Å². The van der Waals surface area contributed by atoms with Crippen molar-refractivity contribution >= 4 is 17.8 Å². The van der Waals surface area contributed by atoms with E-state index < -0.39 is 35.9 Å². The van der Waals surface area contributed by atoms with Crippen LogP contribution in [-0.4, -0.2) is 28.6 Å². The minimum absolute atomic E-state index is 0.0356. The number of benzene rings is 1. The van der Waals surface area contributed by atoms with Gasteiger partial charge in [-0.3, -0.25) is 9.59 Å². The molecule has 7 nitrogen and oxygen atoms in total. The second-order valence-corrected chi connectivity index (χ2v) is 7.14. The van der Waals surface area contributed by atoms with Crippen LogP contribution >= 0.6 is 0 Å². The van der Waals surface area contributed by atoms with Crippen LogP contribution in [0.5, 0.6) is 0 Å². The van der Waals surface area contributed by atoms with Crippen LogP contribution in [0.15, 0.2) is 41.0 Å². The lowest BCUT2D eigenvalue weighted by Crippen LogP contribution is -2.38. The summed E-state index contributed by atoms with van der Waals surface area (Å²) in [5.41, 5.74) is 0.428. The van der Waals surface area contributed by atoms with Crippen molar-refractivity contribution in [1.82, 2.24) is 5.32 Å². The van der Waals surface area contributed by atoms with E-state index in [-0.39, 0.29) is 11.3 Å². The minimum Gasteiger partial charge on any atom is -0.481 e. The molecule has 2 rings (SSSR count). The van der Waals surface area contributed by atoms with E-state index in [1.165, 1.54) is 6.26 Å². The van der Waals surface area contributed by atoms with Crippen molar-refractivity contribution in [3.8, 4) is 0 Å². The summed E-state index contributed by atoms with van der Waals surface area (Å²) in [7, 11) is 0. The molecule has 0 radical (unpaired) electrons. The van der Waals surface area contributed by atoms with Crippen LogP contribution in [0.1, 0.15) is 54.1 Å². The van der Waals surface area contributed by atoms with Crippen LogP contribution in [0.4, 0.5) is 0 Å². The van der Waals surface area contributed by atoms with Crippen LogP contribution in [0.2, 0.25) is 0 Å². The number of furan rings is 1. The predicted octanol–water partition coefficient (Wildman–Crippen LogP) is 3.03. The van der Waals surface area contributed by atoms with E-state index in [9.17, 15) is 14.4 Å². The fourth-order valence-corrected chi connectivity index (χ4v) is 2.56. The van der Waals surface area contributed by atoms with Crippen LogP contribution < -0.4 is 5.32 Å². The Balaban J connectivity index is 2.33. The van der Waals surface area contributed by atoms with Gasteiger partial charge >= 0.3 is 11.9 Å². The topological polar surface area (TPSA) is 106 Å². The molecule has 2 aromatic rings. The molecule has 144 valence electrons. The first kappa shape index (κ1) is 20.2. The maximum absolute atomic E-state index is 12.8. The molecule has 0 bridgehead atoms. The normalized spacial score (nSPS) is 12.3. The molecule has 1 aromatic heterocycles. The van der Waals surface area contributed by atoms with Gasteiger partial charge in [-0.05, 0) is 33.3 Å². The number of esters is 1. The third-order valence-corrected chi connectivity index (χ3v) is 3.64. The molecule has 0 spiro atoms. The summed E-state index contributed by atoms with van der Waals surface area (Å²) in [6.45, 7) is 6.84. The molecule has 1 aromatic carbocycles. The zero-order valence-electron chi connectivity index (χ0n) is 15.7. The van der Waals surface area contributed by atoms with Crippen LogP contribution in [0, 0.1) is 6.92 Å². The molecule has 2 N–H and O–H groups in total. The smallest absolute Gasteiger partial charge is 0.333 e. The summed E-state index contributed by atoms with van der Waals surface area (Å²) in [6.07, 6.45) is 0.886. The molecule has 1 atom stereocenters. The van der Waals surface area contributed by atoms with Gasteiger partial charge in [0.15, 0.2) is 6.04 Å². The molecule has 0 saturated heterocycles. The zero-order chi connectivity index (χ0) is 20.2. The first-order valence-electron chi connectivity index (χ1n) is 8.46. The number of carbonyl (C=O) groups is 3. The van der Waals surface area contributed by atoms with Crippen LogP contribution in [0.3, 0.4) is 0 Å². The number of amides is 1. The Kier molecular flexibility index (Phi) is 6.05. The van der Waals surface area contributed by atoms with Gasteiger partial charge in [0.2, 0.25) is 0 Å². The molecule has 1 heterocycles. The molecule has 1 amide bonds. The average molecular weight is 373 g/mol. The first-order valence-corrected chi connectivity index (χ1v) is 8.46. The van der Waals surface area contributed by atoms with Crippen molar-refractivity contribution in [3.63, 3.8) is 0 Å². The number of aryl methyl sites for hydroxylation is 1. The molecule has 0 unspecified atom stereocenters. The number of hydrogen-bond donors (Lipinski definition) is 2. The SMILES string of the molecule is Cc1coc(CC(=O)O)c1C(=O)N[C@H](C(=O)OC(C)(C)C)c1ccccc1. The highest BCUT2D eigenvalue weighted by molar-refractivity contribution is 5.99. The Morgan fingerprint density at radius 1 is 1.19 bits per heavy atom. The lowest BCUT2D eigenvalue weighted by Gasteiger charge is -2.25. The third-order valence-electron chi connectivity index (χ3n) is 3.64. The van der Waals surface area contributed by atoms with E-state index in [0.29, 0.717) is 11.1 Å². The average Bonchev–Trinajstić information content (AvgIpc) is 2.91. The largest absolute Gasteiger partial charge is 0.481 e. The number of carboxylic acids is 1. The number of aliphatic carboxylic acids is 1. The standard InChI is InChI=1S/C20H23NO6/c1-12-11-26-14(10-15(22)23)16(12)18(24)21-17(13-8-6-5-7-9-13)19(25)27-20(2,3)4/h5-9,11,17H,10H2,1-4H3,(H,21,24)(H,22,23)/t17-/m0/s1. The van der Waals surface area contributed by atoms with E-state index in [4.69, 9.17) is 14.3 Å². The molecule has 0 saturated carbocycles. The molecular weight excluding hydrogens is 350 g/mol. The van der Waals surface area contributed by atoms with Gasteiger partial charge < -0.3 is 19.6 Å². The zero-order valence-corrected chi connectivity index (χ0v) is 15.7. The number of hydrogen-bond acceptors (Lipinski definition) is 5. The number of carbonyl (C=O) groups excluding carboxylic acids is 2. The van der Waals surface area contributed by atoms with Gasteiger partial charge in [0.25, 0.3) is 5.91 Å². The molecule has 27 heavy (non-hydrogen) atoms. The van der Waals surface area contributed by atoms with E-state index >= 15 is 0 Å². The van der Waals surface area contributed by atoms with Gasteiger partial charge in [-0.25, -0.2) is 4.79 Å². The maximum atomic E-state index is 12.8. The molecular formula is C20H23NO6. The fraction of sp³-hybridized carbons (Fsp3) is 0.350. The van der Waals surface area contributed by atoms with E-state index in [1.807, 2.05) is 0 Å². The summed E-state index contributed by atoms with van der Waals surface area (Å²) in [5.74, 6) is -2.29. The monoisotopic (exact) mass is 373 g/mol. The second kappa shape index (κ2) is 8.07. The first-order chi connectivity index (χ1) is 12.6. The summed E-state index contributed by atoms with van der Waals surface area (Å²) in [4.78, 5) is 36.5. The summed E-state index contributed by atoms with van der Waals surface area (Å²) in [5, 5.41) is 11.6. The fourth-order valence-electron chi connectivity index (χ4n) is 2.56. The Bertz CT molecular complexity index is 832. The third kappa shape index (κ3) is 5.44. The number of nitrogens with one attached hydrogen (secondary N) is 1. The second-order valence-electron chi connectivity index (χ2n) is 7.14. The Labute approximate surface area is 157 Å². The Morgan fingerprint density at radius 2 is 1.81 bits per heavy atom. The molecule has 0 aliphatic rings. The highest BCUT2D eigenvalue weighted by atomic mass is 16.6. The number of ether oxygens (including phenoxy) is 1. The summed E-state index contributed by atoms with van der Waals surface area (Å²) >= 11 is 0.